The standard InChI is InChI=1S/C20H21Cl3N2O5S2/c1-11(26)31-10-19(2)15(18(29)30-9-20(21,22)23)25-16(28)14(17(25)32-19)24-13(27)8-12-6-4-3-5-7-12/h3-7,14-15,17H,8-10H2,1-2H3,(H,24,27). The maximum Gasteiger partial charge on any atom is 0.330 e. The Labute approximate surface area is 209 Å². The van der Waals surface area contributed by atoms with Crippen LogP contribution < -0.4 is 5.32 Å². The molecule has 1 aromatic carbocycles. The number of benzene rings is 1. The number of carbonyl (C=O) groups excluding carboxylic acids is 4. The summed E-state index contributed by atoms with van der Waals surface area (Å²) < 4.78 is 2.54. The Morgan fingerprint density at radius 2 is 1.91 bits per heavy atom. The van der Waals surface area contributed by atoms with Crippen molar-refractivity contribution in [3.8, 4) is 0 Å². The topological polar surface area (TPSA) is 92.8 Å². The molecule has 0 spiro atoms. The van der Waals surface area contributed by atoms with E-state index >= 15 is 0 Å². The molecule has 1 N–H and O–H groups in total. The Kier molecular flexibility index (Phi) is 7.97. The number of hydrogen-bond donors (Lipinski definition) is 1. The first kappa shape index (κ1) is 25.5. The minimum atomic E-state index is -1.79. The number of amides is 2. The fourth-order valence-electron chi connectivity index (χ4n) is 3.61. The Balaban J connectivity index is 1.73. The molecule has 0 aliphatic carbocycles. The van der Waals surface area contributed by atoms with Gasteiger partial charge < -0.3 is 15.0 Å². The van der Waals surface area contributed by atoms with Gasteiger partial charge in [-0.3, -0.25) is 14.4 Å². The first-order chi connectivity index (χ1) is 14.9. The van der Waals surface area contributed by atoms with Gasteiger partial charge in [0.2, 0.25) is 15.6 Å². The normalized spacial score (nSPS) is 26.8. The van der Waals surface area contributed by atoms with Gasteiger partial charge in [-0.05, 0) is 12.5 Å². The molecule has 2 saturated heterocycles. The van der Waals surface area contributed by atoms with E-state index in [1.54, 1.807) is 6.92 Å². The molecule has 0 bridgehead atoms. The van der Waals surface area contributed by atoms with Gasteiger partial charge in [-0.25, -0.2) is 4.79 Å². The summed E-state index contributed by atoms with van der Waals surface area (Å²) in [6, 6.07) is 7.41. The Bertz CT molecular complexity index is 914. The van der Waals surface area contributed by atoms with Crippen LogP contribution >= 0.6 is 58.3 Å². The van der Waals surface area contributed by atoms with Crippen molar-refractivity contribution < 1.29 is 23.9 Å². The molecule has 0 aromatic heterocycles. The van der Waals surface area contributed by atoms with E-state index in [4.69, 9.17) is 39.5 Å². The molecular weight excluding hydrogens is 519 g/mol. The van der Waals surface area contributed by atoms with Gasteiger partial charge in [-0.15, -0.1) is 11.8 Å². The van der Waals surface area contributed by atoms with E-state index in [0.29, 0.717) is 0 Å². The van der Waals surface area contributed by atoms with Crippen molar-refractivity contribution in [3.05, 3.63) is 35.9 Å². The molecule has 12 heteroatoms. The second-order valence-electron chi connectivity index (χ2n) is 7.68. The zero-order valence-corrected chi connectivity index (χ0v) is 21.1. The van der Waals surface area contributed by atoms with Crippen LogP contribution in [0, 0.1) is 0 Å². The zero-order chi connectivity index (χ0) is 23.7. The molecular formula is C20H21Cl3N2O5S2. The van der Waals surface area contributed by atoms with Crippen molar-refractivity contribution in [2.75, 3.05) is 12.4 Å². The Morgan fingerprint density at radius 1 is 1.25 bits per heavy atom. The smallest absolute Gasteiger partial charge is 0.330 e. The third kappa shape index (κ3) is 5.86. The zero-order valence-electron chi connectivity index (χ0n) is 17.2. The van der Waals surface area contributed by atoms with Crippen molar-refractivity contribution in [2.24, 2.45) is 0 Å². The summed E-state index contributed by atoms with van der Waals surface area (Å²) in [6.07, 6.45) is 0.133. The number of hydrogen-bond acceptors (Lipinski definition) is 7. The number of alkyl halides is 3. The number of nitrogens with zero attached hydrogens (tertiary/aromatic N) is 1. The highest BCUT2D eigenvalue weighted by Crippen LogP contribution is 2.52. The molecule has 4 atom stereocenters. The minimum absolute atomic E-state index is 0.117. The third-order valence-corrected chi connectivity index (χ3v) is 8.32. The van der Waals surface area contributed by atoms with Gasteiger partial charge in [-0.1, -0.05) is 76.9 Å². The average Bonchev–Trinajstić information content (AvgIpc) is 2.99. The van der Waals surface area contributed by atoms with Crippen molar-refractivity contribution in [2.45, 2.75) is 46.3 Å². The summed E-state index contributed by atoms with van der Waals surface area (Å²) in [4.78, 5) is 51.2. The highest BCUT2D eigenvalue weighted by molar-refractivity contribution is 8.14. The number of rotatable bonds is 7. The van der Waals surface area contributed by atoms with E-state index in [-0.39, 0.29) is 23.2 Å². The van der Waals surface area contributed by atoms with Crippen LogP contribution in [0.3, 0.4) is 0 Å². The first-order valence-electron chi connectivity index (χ1n) is 9.61. The molecule has 4 unspecified atom stereocenters. The van der Waals surface area contributed by atoms with E-state index in [1.807, 2.05) is 30.3 Å². The molecule has 3 rings (SSSR count). The lowest BCUT2D eigenvalue weighted by atomic mass is 9.95. The molecule has 2 amide bonds. The lowest BCUT2D eigenvalue weighted by molar-refractivity contribution is -0.164. The number of thioether (sulfide) groups is 2. The van der Waals surface area contributed by atoms with E-state index in [2.05, 4.69) is 5.32 Å². The summed E-state index contributed by atoms with van der Waals surface area (Å²) >= 11 is 19.5. The van der Waals surface area contributed by atoms with E-state index in [1.165, 1.54) is 23.6 Å². The molecule has 2 fully saturated rings. The summed E-state index contributed by atoms with van der Waals surface area (Å²) in [6.45, 7) is 2.73. The second-order valence-corrected chi connectivity index (χ2v) is 13.0. The molecule has 174 valence electrons. The number of carbonyl (C=O) groups is 4. The van der Waals surface area contributed by atoms with Crippen LogP contribution in [0.5, 0.6) is 0 Å². The number of halogens is 3. The lowest BCUT2D eigenvalue weighted by Crippen LogP contribution is -2.71. The number of fused-ring (bicyclic) bond motifs is 1. The highest BCUT2D eigenvalue weighted by atomic mass is 35.6. The van der Waals surface area contributed by atoms with Crippen LogP contribution in [-0.4, -0.2) is 66.2 Å². The monoisotopic (exact) mass is 538 g/mol. The molecule has 2 heterocycles. The molecule has 7 nitrogen and oxygen atoms in total. The summed E-state index contributed by atoms with van der Waals surface area (Å²) in [5.74, 6) is -1.14. The van der Waals surface area contributed by atoms with Crippen LogP contribution in [0.4, 0.5) is 0 Å². The van der Waals surface area contributed by atoms with Crippen molar-refractivity contribution in [1.82, 2.24) is 10.2 Å². The average molecular weight is 540 g/mol. The maximum absolute atomic E-state index is 12.9. The predicted octanol–water partition coefficient (Wildman–Crippen LogP) is 2.95. The highest BCUT2D eigenvalue weighted by Gasteiger charge is 2.66. The van der Waals surface area contributed by atoms with Gasteiger partial charge in [-0.2, -0.15) is 0 Å². The fraction of sp³-hybridized carbons (Fsp3) is 0.500. The predicted molar refractivity (Wildman–Crippen MR) is 127 cm³/mol. The lowest BCUT2D eigenvalue weighted by Gasteiger charge is -2.44. The van der Waals surface area contributed by atoms with Gasteiger partial charge >= 0.3 is 5.97 Å². The van der Waals surface area contributed by atoms with Crippen molar-refractivity contribution in [1.29, 1.82) is 0 Å². The van der Waals surface area contributed by atoms with Crippen LogP contribution in [0.2, 0.25) is 0 Å². The van der Waals surface area contributed by atoms with Crippen LogP contribution in [0.25, 0.3) is 0 Å². The van der Waals surface area contributed by atoms with Gasteiger partial charge in [0.05, 0.1) is 11.2 Å². The van der Waals surface area contributed by atoms with E-state index in [9.17, 15) is 19.2 Å². The van der Waals surface area contributed by atoms with Crippen molar-refractivity contribution in [3.63, 3.8) is 0 Å². The molecule has 1 aromatic rings. The SMILES string of the molecule is CC(=O)SCC1(C)SC2C(NC(=O)Cc3ccccc3)C(=O)N2C1C(=O)OCC(Cl)(Cl)Cl. The molecule has 2 aliphatic heterocycles. The van der Waals surface area contributed by atoms with Crippen LogP contribution in [0.15, 0.2) is 30.3 Å². The maximum atomic E-state index is 12.9. The number of β-lactam (4-membered cyclic amide) rings is 1. The second kappa shape index (κ2) is 10.0. The van der Waals surface area contributed by atoms with E-state index < -0.39 is 44.5 Å². The van der Waals surface area contributed by atoms with Crippen LogP contribution in [-0.2, 0) is 30.3 Å². The fourth-order valence-corrected chi connectivity index (χ4v) is 6.42. The largest absolute Gasteiger partial charge is 0.460 e. The van der Waals surface area contributed by atoms with E-state index in [0.717, 1.165) is 17.3 Å². The summed E-state index contributed by atoms with van der Waals surface area (Å²) in [5.41, 5.74) is 0.823. The van der Waals surface area contributed by atoms with Crippen LogP contribution in [0.1, 0.15) is 19.4 Å². The van der Waals surface area contributed by atoms with Gasteiger partial charge in [0.15, 0.2) is 5.12 Å². The molecule has 32 heavy (non-hydrogen) atoms. The van der Waals surface area contributed by atoms with Crippen molar-refractivity contribution >= 4 is 81.2 Å². The third-order valence-electron chi connectivity index (χ3n) is 5.01. The van der Waals surface area contributed by atoms with Gasteiger partial charge in [0.1, 0.15) is 24.1 Å². The quantitative estimate of drug-likeness (QED) is 0.323. The van der Waals surface area contributed by atoms with Gasteiger partial charge in [0, 0.05) is 12.7 Å². The minimum Gasteiger partial charge on any atom is -0.460 e. The van der Waals surface area contributed by atoms with Gasteiger partial charge in [0.25, 0.3) is 0 Å². The Hall–Kier alpha value is -1.13. The number of ether oxygens (including phenoxy) is 1. The summed E-state index contributed by atoms with van der Waals surface area (Å²) in [5, 5.41) is 2.18. The number of nitrogens with one attached hydrogen (secondary N) is 1. The molecule has 0 radical (unpaired) electrons. The number of esters is 1. The Morgan fingerprint density at radius 3 is 2.50 bits per heavy atom. The first-order valence-corrected chi connectivity index (χ1v) is 12.6. The molecule has 2 aliphatic rings. The summed E-state index contributed by atoms with van der Waals surface area (Å²) in [7, 11) is 0. The molecule has 0 saturated carbocycles.